The average Bonchev–Trinajstić information content (AvgIpc) is 3.41. The van der Waals surface area contributed by atoms with Gasteiger partial charge in [0, 0.05) is 37.1 Å². The van der Waals surface area contributed by atoms with Crippen molar-refractivity contribution in [2.45, 2.75) is 12.5 Å². The molecule has 27 heavy (non-hydrogen) atoms. The van der Waals surface area contributed by atoms with Crippen molar-refractivity contribution in [1.29, 1.82) is 0 Å². The molecule has 2 aromatic carbocycles. The molecule has 138 valence electrons. The number of methoxy groups -OCH3 is 1. The number of amides is 1. The average molecular weight is 378 g/mol. The molecule has 1 N–H and O–H groups in total. The van der Waals surface area contributed by atoms with Gasteiger partial charge in [0.25, 0.3) is 5.91 Å². The first-order chi connectivity index (χ1) is 13.2. The van der Waals surface area contributed by atoms with Gasteiger partial charge >= 0.3 is 0 Å². The van der Waals surface area contributed by atoms with Crippen LogP contribution < -0.4 is 10.2 Å². The highest BCUT2D eigenvalue weighted by molar-refractivity contribution is 7.08. The number of carbonyl (C=O) groups excluding carboxylic acids is 1. The monoisotopic (exact) mass is 378 g/mol. The van der Waals surface area contributed by atoms with Crippen LogP contribution in [0.1, 0.15) is 16.8 Å². The number of benzene rings is 2. The number of rotatable bonds is 5. The number of hydrogen-bond acceptors (Lipinski definition) is 4. The Labute approximate surface area is 163 Å². The van der Waals surface area contributed by atoms with Gasteiger partial charge in [0.2, 0.25) is 0 Å². The van der Waals surface area contributed by atoms with Crippen LogP contribution in [0.5, 0.6) is 0 Å². The van der Waals surface area contributed by atoms with E-state index in [9.17, 15) is 4.79 Å². The molecule has 4 nitrogen and oxygen atoms in total. The van der Waals surface area contributed by atoms with Crippen LogP contribution in [-0.4, -0.2) is 32.2 Å². The molecule has 0 radical (unpaired) electrons. The zero-order valence-corrected chi connectivity index (χ0v) is 16.0. The lowest BCUT2D eigenvalue weighted by Crippen LogP contribution is -2.22. The molecular formula is C22H22N2O2S. The number of thiophene rings is 1. The molecule has 4 rings (SSSR count). The van der Waals surface area contributed by atoms with Crippen LogP contribution in [0, 0.1) is 0 Å². The Morgan fingerprint density at radius 2 is 1.85 bits per heavy atom. The van der Waals surface area contributed by atoms with Crippen molar-refractivity contribution in [1.82, 2.24) is 0 Å². The first kappa shape index (κ1) is 17.8. The van der Waals surface area contributed by atoms with Crippen LogP contribution in [0.25, 0.3) is 11.1 Å². The zero-order valence-electron chi connectivity index (χ0n) is 15.2. The first-order valence-electron chi connectivity index (χ1n) is 9.05. The molecule has 0 aliphatic carbocycles. The Bertz CT molecular complexity index is 889. The number of hydrogen-bond donors (Lipinski definition) is 1. The van der Waals surface area contributed by atoms with E-state index in [0.717, 1.165) is 36.4 Å². The van der Waals surface area contributed by atoms with E-state index in [4.69, 9.17) is 4.74 Å². The molecule has 1 fully saturated rings. The summed E-state index contributed by atoms with van der Waals surface area (Å²) in [5, 5.41) is 7.13. The Hall–Kier alpha value is -2.63. The summed E-state index contributed by atoms with van der Waals surface area (Å²) in [4.78, 5) is 14.8. The quantitative estimate of drug-likeness (QED) is 0.687. The number of nitrogens with one attached hydrogen (secondary N) is 1. The predicted octanol–water partition coefficient (Wildman–Crippen LogP) is 4.89. The summed E-state index contributed by atoms with van der Waals surface area (Å²) in [6.07, 6.45) is 1.36. The van der Waals surface area contributed by atoms with Crippen LogP contribution in [0.3, 0.4) is 0 Å². The minimum absolute atomic E-state index is 0.0970. The van der Waals surface area contributed by atoms with Crippen molar-refractivity contribution < 1.29 is 9.53 Å². The maximum absolute atomic E-state index is 12.5. The summed E-state index contributed by atoms with van der Waals surface area (Å²) in [6.45, 7) is 1.92. The molecule has 1 aliphatic rings. The molecule has 1 amide bonds. The van der Waals surface area contributed by atoms with E-state index in [2.05, 4.69) is 27.0 Å². The second-order valence-electron chi connectivity index (χ2n) is 6.68. The van der Waals surface area contributed by atoms with Gasteiger partial charge in [-0.25, -0.2) is 0 Å². The van der Waals surface area contributed by atoms with Crippen molar-refractivity contribution in [3.05, 3.63) is 70.9 Å². The molecule has 1 aliphatic heterocycles. The van der Waals surface area contributed by atoms with Gasteiger partial charge in [-0.15, -0.1) is 0 Å². The number of carbonyl (C=O) groups is 1. The maximum atomic E-state index is 12.5. The lowest BCUT2D eigenvalue weighted by molar-refractivity contribution is 0.102. The fraction of sp³-hybridized carbons (Fsp3) is 0.227. The third-order valence-electron chi connectivity index (χ3n) is 4.97. The summed E-state index contributed by atoms with van der Waals surface area (Å²) >= 11 is 1.67. The SMILES string of the molecule is COC1CCN(c2ccc(NC(=O)c3ccc(-c4ccsc4)cc3)cc2)C1. The highest BCUT2D eigenvalue weighted by atomic mass is 32.1. The first-order valence-corrected chi connectivity index (χ1v) is 9.99. The van der Waals surface area contributed by atoms with E-state index < -0.39 is 0 Å². The molecule has 2 heterocycles. The van der Waals surface area contributed by atoms with Crippen LogP contribution >= 0.6 is 11.3 Å². The van der Waals surface area contributed by atoms with E-state index in [0.29, 0.717) is 11.7 Å². The largest absolute Gasteiger partial charge is 0.380 e. The van der Waals surface area contributed by atoms with Gasteiger partial charge in [-0.05, 0) is 70.8 Å². The highest BCUT2D eigenvalue weighted by Gasteiger charge is 2.22. The Kier molecular flexibility index (Phi) is 5.23. The number of nitrogens with zero attached hydrogens (tertiary/aromatic N) is 1. The highest BCUT2D eigenvalue weighted by Crippen LogP contribution is 2.25. The smallest absolute Gasteiger partial charge is 0.255 e. The fourth-order valence-corrected chi connectivity index (χ4v) is 4.02. The molecule has 0 bridgehead atoms. The molecular weight excluding hydrogens is 356 g/mol. The van der Waals surface area contributed by atoms with Gasteiger partial charge in [0.15, 0.2) is 0 Å². The van der Waals surface area contributed by atoms with Crippen molar-refractivity contribution in [2.75, 3.05) is 30.4 Å². The third-order valence-corrected chi connectivity index (χ3v) is 5.65. The van der Waals surface area contributed by atoms with Crippen molar-refractivity contribution >= 4 is 28.6 Å². The molecule has 1 aromatic heterocycles. The van der Waals surface area contributed by atoms with E-state index in [1.54, 1.807) is 18.4 Å². The number of ether oxygens (including phenoxy) is 1. The van der Waals surface area contributed by atoms with Crippen LogP contribution in [0.15, 0.2) is 65.4 Å². The normalized spacial score (nSPS) is 16.5. The molecule has 0 saturated carbocycles. The third kappa shape index (κ3) is 4.04. The lowest BCUT2D eigenvalue weighted by Gasteiger charge is -2.18. The van der Waals surface area contributed by atoms with Crippen LogP contribution in [0.4, 0.5) is 11.4 Å². The molecule has 1 unspecified atom stereocenters. The van der Waals surface area contributed by atoms with Crippen molar-refractivity contribution in [2.24, 2.45) is 0 Å². The predicted molar refractivity (Wildman–Crippen MR) is 112 cm³/mol. The topological polar surface area (TPSA) is 41.6 Å². The standard InChI is InChI=1S/C22H22N2O2S/c1-26-21-10-12-24(14-21)20-8-6-19(7-9-20)23-22(25)17-4-2-16(3-5-17)18-11-13-27-15-18/h2-9,11,13,15,21H,10,12,14H2,1H3,(H,23,25). The van der Waals surface area contributed by atoms with Crippen LogP contribution in [0.2, 0.25) is 0 Å². The van der Waals surface area contributed by atoms with E-state index in [1.807, 2.05) is 48.5 Å². The molecule has 3 aromatic rings. The molecule has 1 atom stereocenters. The summed E-state index contributed by atoms with van der Waals surface area (Å²) in [5.41, 5.74) is 4.92. The second kappa shape index (κ2) is 7.94. The van der Waals surface area contributed by atoms with Gasteiger partial charge in [-0.2, -0.15) is 11.3 Å². The molecule has 1 saturated heterocycles. The van der Waals surface area contributed by atoms with Crippen LogP contribution in [-0.2, 0) is 4.74 Å². The van der Waals surface area contributed by atoms with E-state index in [1.165, 1.54) is 5.56 Å². The van der Waals surface area contributed by atoms with Gasteiger partial charge in [0.1, 0.15) is 0 Å². The molecule has 0 spiro atoms. The van der Waals surface area contributed by atoms with Gasteiger partial charge in [-0.3, -0.25) is 4.79 Å². The van der Waals surface area contributed by atoms with Crippen molar-refractivity contribution in [3.8, 4) is 11.1 Å². The lowest BCUT2D eigenvalue weighted by atomic mass is 10.1. The summed E-state index contributed by atoms with van der Waals surface area (Å²) in [7, 11) is 1.76. The molecule has 5 heteroatoms. The number of anilines is 2. The van der Waals surface area contributed by atoms with Gasteiger partial charge in [-0.1, -0.05) is 12.1 Å². The minimum Gasteiger partial charge on any atom is -0.380 e. The van der Waals surface area contributed by atoms with Gasteiger partial charge < -0.3 is 15.0 Å². The Balaban J connectivity index is 1.39. The zero-order chi connectivity index (χ0) is 18.6. The van der Waals surface area contributed by atoms with E-state index in [-0.39, 0.29) is 5.91 Å². The summed E-state index contributed by atoms with van der Waals surface area (Å²) in [6, 6.07) is 17.8. The van der Waals surface area contributed by atoms with E-state index >= 15 is 0 Å². The summed E-state index contributed by atoms with van der Waals surface area (Å²) in [5.74, 6) is -0.0970. The second-order valence-corrected chi connectivity index (χ2v) is 7.46. The van der Waals surface area contributed by atoms with Crippen molar-refractivity contribution in [3.63, 3.8) is 0 Å². The minimum atomic E-state index is -0.0970. The maximum Gasteiger partial charge on any atom is 0.255 e. The summed E-state index contributed by atoms with van der Waals surface area (Å²) < 4.78 is 5.42. The Morgan fingerprint density at radius 3 is 2.48 bits per heavy atom. The van der Waals surface area contributed by atoms with Gasteiger partial charge in [0.05, 0.1) is 6.10 Å². The Morgan fingerprint density at radius 1 is 1.07 bits per heavy atom. The fourth-order valence-electron chi connectivity index (χ4n) is 3.36.